The number of anilines is 2. The van der Waals surface area contributed by atoms with Gasteiger partial charge in [0.1, 0.15) is 5.52 Å². The van der Waals surface area contributed by atoms with Crippen molar-refractivity contribution in [3.05, 3.63) is 36.1 Å². The first-order valence-electron chi connectivity index (χ1n) is 12.3. The van der Waals surface area contributed by atoms with Crippen LogP contribution in [0.15, 0.2) is 36.1 Å². The summed E-state index contributed by atoms with van der Waals surface area (Å²) in [4.78, 5) is 13.9. The molecular weight excluding hydrogens is 414 g/mol. The molecule has 2 aromatic rings. The molecule has 1 aliphatic heterocycles. The average Bonchev–Trinajstić information content (AvgIpc) is 3.21. The smallest absolute Gasteiger partial charge is 0.222 e. The molecule has 8 nitrogen and oxygen atoms in total. The van der Waals surface area contributed by atoms with Crippen LogP contribution in [0.1, 0.15) is 26.2 Å². The number of aromatic nitrogens is 3. The number of likely N-dealkylation sites (N-methyl/N-ethyl adjacent to an activating group) is 1. The zero-order valence-corrected chi connectivity index (χ0v) is 20.3. The molecule has 1 fully saturated rings. The molecule has 1 aliphatic carbocycles. The molecular formula is C25H39N7O. The fourth-order valence-corrected chi connectivity index (χ4v) is 4.73. The molecule has 0 bridgehead atoms. The van der Waals surface area contributed by atoms with Crippen LogP contribution >= 0.6 is 0 Å². The Balaban J connectivity index is 1.46. The van der Waals surface area contributed by atoms with Gasteiger partial charge >= 0.3 is 0 Å². The average molecular weight is 454 g/mol. The van der Waals surface area contributed by atoms with Crippen LogP contribution in [0, 0.1) is 5.92 Å². The van der Waals surface area contributed by atoms with Crippen LogP contribution < -0.4 is 11.1 Å². The van der Waals surface area contributed by atoms with Crippen LogP contribution in [0.3, 0.4) is 0 Å². The molecule has 0 saturated carbocycles. The standard InChI is InChI=1S/C25H39N7O/c1-4-5-6-10-27-24-23-21(28-25(26)29-24)9-11-32(23)18-20-8-7-19(16-22(20)33-3)17-31-14-12-30(2)13-15-31/h7-9,11,16,20,22H,4-6,10,12-15,17-18H2,1-3H3,(H3,26,27,28,29). The second-order valence-corrected chi connectivity index (χ2v) is 9.31. The Morgan fingerprint density at radius 1 is 1.18 bits per heavy atom. The van der Waals surface area contributed by atoms with Gasteiger partial charge in [0.25, 0.3) is 0 Å². The number of rotatable bonds is 10. The van der Waals surface area contributed by atoms with Crippen LogP contribution in [0.4, 0.5) is 11.8 Å². The number of nitrogens with one attached hydrogen (secondary N) is 1. The Morgan fingerprint density at radius 2 is 2.00 bits per heavy atom. The Hall–Kier alpha value is -2.42. The number of hydrogen-bond donors (Lipinski definition) is 2. The van der Waals surface area contributed by atoms with Crippen molar-refractivity contribution >= 4 is 22.8 Å². The number of methoxy groups -OCH3 is 1. The maximum Gasteiger partial charge on any atom is 0.222 e. The summed E-state index contributed by atoms with van der Waals surface area (Å²) in [5, 5.41) is 3.49. The second-order valence-electron chi connectivity index (χ2n) is 9.31. The molecule has 33 heavy (non-hydrogen) atoms. The third-order valence-electron chi connectivity index (χ3n) is 6.74. The lowest BCUT2D eigenvalue weighted by atomic mass is 9.93. The van der Waals surface area contributed by atoms with E-state index in [9.17, 15) is 0 Å². The molecule has 1 saturated heterocycles. The highest BCUT2D eigenvalue weighted by molar-refractivity contribution is 5.87. The zero-order chi connectivity index (χ0) is 23.2. The number of fused-ring (bicyclic) bond motifs is 1. The van der Waals surface area contributed by atoms with Crippen LogP contribution in [0.25, 0.3) is 11.0 Å². The summed E-state index contributed by atoms with van der Waals surface area (Å²) < 4.78 is 8.14. The Labute approximate surface area is 197 Å². The van der Waals surface area contributed by atoms with Gasteiger partial charge in [-0.15, -0.1) is 0 Å². The van der Waals surface area contributed by atoms with Crippen LogP contribution in [0.5, 0.6) is 0 Å². The first-order valence-corrected chi connectivity index (χ1v) is 12.3. The van der Waals surface area contributed by atoms with Gasteiger partial charge in [-0.1, -0.05) is 38.0 Å². The quantitative estimate of drug-likeness (QED) is 0.535. The summed E-state index contributed by atoms with van der Waals surface area (Å²) in [6.07, 6.45) is 12.5. The molecule has 2 unspecified atom stereocenters. The summed E-state index contributed by atoms with van der Waals surface area (Å²) in [6.45, 7) is 9.39. The van der Waals surface area contributed by atoms with Crippen LogP contribution in [0.2, 0.25) is 0 Å². The number of hydrogen-bond acceptors (Lipinski definition) is 7. The summed E-state index contributed by atoms with van der Waals surface area (Å²) in [5.74, 6) is 1.37. The van der Waals surface area contributed by atoms with E-state index in [0.717, 1.165) is 69.1 Å². The maximum atomic E-state index is 5.97. The third kappa shape index (κ3) is 5.93. The second kappa shape index (κ2) is 11.1. The van der Waals surface area contributed by atoms with Crippen molar-refractivity contribution in [1.29, 1.82) is 0 Å². The minimum Gasteiger partial charge on any atom is -0.377 e. The van der Waals surface area contributed by atoms with Gasteiger partial charge in [-0.3, -0.25) is 4.90 Å². The van der Waals surface area contributed by atoms with Gasteiger partial charge in [-0.2, -0.15) is 4.98 Å². The first-order chi connectivity index (χ1) is 16.1. The predicted molar refractivity (Wildman–Crippen MR) is 135 cm³/mol. The third-order valence-corrected chi connectivity index (χ3v) is 6.74. The Bertz CT molecular complexity index is 975. The Kier molecular flexibility index (Phi) is 8.01. The first kappa shape index (κ1) is 23.7. The van der Waals surface area contributed by atoms with Crippen LogP contribution in [-0.4, -0.2) is 83.9 Å². The zero-order valence-electron chi connectivity index (χ0n) is 20.3. The van der Waals surface area contributed by atoms with Gasteiger partial charge in [0.2, 0.25) is 5.95 Å². The number of nitrogen functional groups attached to an aromatic ring is 1. The van der Waals surface area contributed by atoms with Crippen molar-refractivity contribution in [3.63, 3.8) is 0 Å². The molecule has 0 spiro atoms. The summed E-state index contributed by atoms with van der Waals surface area (Å²) in [6, 6.07) is 2.02. The van der Waals surface area contributed by atoms with Gasteiger partial charge < -0.3 is 25.3 Å². The number of nitrogens with zero attached hydrogens (tertiary/aromatic N) is 5. The molecule has 2 atom stereocenters. The molecule has 0 radical (unpaired) electrons. The van der Waals surface area contributed by atoms with Crippen molar-refractivity contribution in [3.8, 4) is 0 Å². The summed E-state index contributed by atoms with van der Waals surface area (Å²) >= 11 is 0. The monoisotopic (exact) mass is 453 g/mol. The highest BCUT2D eigenvalue weighted by atomic mass is 16.5. The molecule has 0 amide bonds. The van der Waals surface area contributed by atoms with E-state index in [1.54, 1.807) is 7.11 Å². The predicted octanol–water partition coefficient (Wildman–Crippen LogP) is 2.99. The van der Waals surface area contributed by atoms with E-state index in [0.29, 0.717) is 5.95 Å². The van der Waals surface area contributed by atoms with Crippen molar-refractivity contribution in [1.82, 2.24) is 24.3 Å². The van der Waals surface area contributed by atoms with E-state index in [2.05, 4.69) is 68.0 Å². The normalized spacial score (nSPS) is 22.1. The van der Waals surface area contributed by atoms with Crippen molar-refractivity contribution in [2.24, 2.45) is 5.92 Å². The minimum atomic E-state index is 0.0468. The number of unbranched alkanes of at least 4 members (excludes halogenated alkanes) is 2. The lowest BCUT2D eigenvalue weighted by Gasteiger charge is -2.34. The number of ether oxygens (including phenoxy) is 1. The highest BCUT2D eigenvalue weighted by Crippen LogP contribution is 2.27. The summed E-state index contributed by atoms with van der Waals surface area (Å²) in [7, 11) is 4.00. The number of nitrogens with two attached hydrogens (primary N) is 1. The highest BCUT2D eigenvalue weighted by Gasteiger charge is 2.24. The minimum absolute atomic E-state index is 0.0468. The largest absolute Gasteiger partial charge is 0.377 e. The van der Waals surface area contributed by atoms with E-state index in [4.69, 9.17) is 10.5 Å². The lowest BCUT2D eigenvalue weighted by Crippen LogP contribution is -2.45. The molecule has 180 valence electrons. The molecule has 2 aromatic heterocycles. The summed E-state index contributed by atoms with van der Waals surface area (Å²) in [5.41, 5.74) is 9.20. The lowest BCUT2D eigenvalue weighted by molar-refractivity contribution is 0.0975. The van der Waals surface area contributed by atoms with Gasteiger partial charge in [-0.25, -0.2) is 4.98 Å². The van der Waals surface area contributed by atoms with Crippen LogP contribution in [-0.2, 0) is 11.3 Å². The fraction of sp³-hybridized carbons (Fsp3) is 0.600. The topological polar surface area (TPSA) is 84.5 Å². The van der Waals surface area contributed by atoms with E-state index in [1.165, 1.54) is 18.4 Å². The van der Waals surface area contributed by atoms with E-state index in [1.807, 2.05) is 6.07 Å². The van der Waals surface area contributed by atoms with Gasteiger partial charge in [0.05, 0.1) is 11.6 Å². The van der Waals surface area contributed by atoms with E-state index < -0.39 is 0 Å². The van der Waals surface area contributed by atoms with Gasteiger partial charge in [-0.05, 0) is 25.1 Å². The maximum absolute atomic E-state index is 5.97. The van der Waals surface area contributed by atoms with Gasteiger partial charge in [0.15, 0.2) is 5.82 Å². The fourth-order valence-electron chi connectivity index (χ4n) is 4.73. The molecule has 8 heteroatoms. The van der Waals surface area contributed by atoms with Crippen molar-refractivity contribution in [2.45, 2.75) is 38.8 Å². The van der Waals surface area contributed by atoms with Gasteiger partial charge in [0, 0.05) is 65.0 Å². The Morgan fingerprint density at radius 3 is 2.76 bits per heavy atom. The molecule has 2 aliphatic rings. The molecule has 3 N–H and O–H groups in total. The van der Waals surface area contributed by atoms with Crippen molar-refractivity contribution < 1.29 is 4.74 Å². The van der Waals surface area contributed by atoms with E-state index >= 15 is 0 Å². The molecule has 3 heterocycles. The molecule has 4 rings (SSSR count). The molecule has 0 aromatic carbocycles. The SMILES string of the molecule is CCCCCNc1nc(N)nc2ccn(CC3C=CC(CN4CCN(C)CC4)=CC3OC)c12. The van der Waals surface area contributed by atoms with E-state index in [-0.39, 0.29) is 12.0 Å². The van der Waals surface area contributed by atoms with Crippen molar-refractivity contribution in [2.75, 3.05) is 64.5 Å². The number of piperazine rings is 1.